The maximum atomic E-state index is 10.2. The Bertz CT molecular complexity index is 134. The minimum absolute atomic E-state index is 0.131. The van der Waals surface area contributed by atoms with Crippen molar-refractivity contribution in [3.8, 4) is 0 Å². The van der Waals surface area contributed by atoms with Crippen LogP contribution in [0.1, 0.15) is 39.5 Å². The van der Waals surface area contributed by atoms with Crippen molar-refractivity contribution in [2.24, 2.45) is 5.92 Å². The monoisotopic (exact) mass is 174 g/mol. The highest BCUT2D eigenvalue weighted by Gasteiger charge is 2.12. The number of hydrogen-bond donors (Lipinski definition) is 2. The zero-order valence-electron chi connectivity index (χ0n) is 7.79. The molecule has 12 heavy (non-hydrogen) atoms. The Morgan fingerprint density at radius 3 is 2.50 bits per heavy atom. The van der Waals surface area contributed by atoms with Crippen LogP contribution in [0.4, 0.5) is 0 Å². The fraction of sp³-hybridized carbons (Fsp3) is 0.889. The zero-order valence-corrected chi connectivity index (χ0v) is 7.79. The van der Waals surface area contributed by atoms with Crippen molar-refractivity contribution in [1.82, 2.24) is 0 Å². The van der Waals surface area contributed by atoms with Crippen molar-refractivity contribution < 1.29 is 15.0 Å². The smallest absolute Gasteiger partial charge is 0.305 e. The van der Waals surface area contributed by atoms with Gasteiger partial charge in [0.15, 0.2) is 0 Å². The highest BCUT2D eigenvalue weighted by Crippen LogP contribution is 2.13. The van der Waals surface area contributed by atoms with Gasteiger partial charge in [-0.05, 0) is 12.3 Å². The van der Waals surface area contributed by atoms with Crippen LogP contribution in [0.5, 0.6) is 0 Å². The maximum Gasteiger partial charge on any atom is 0.305 e. The quantitative estimate of drug-likeness (QED) is 0.643. The second kappa shape index (κ2) is 6.00. The zero-order chi connectivity index (χ0) is 9.56. The first-order valence-corrected chi connectivity index (χ1v) is 4.46. The molecule has 0 aliphatic heterocycles. The van der Waals surface area contributed by atoms with Gasteiger partial charge in [0.1, 0.15) is 0 Å². The third-order valence-electron chi connectivity index (χ3n) is 1.87. The molecular weight excluding hydrogens is 156 g/mol. The van der Waals surface area contributed by atoms with Crippen LogP contribution in [0.25, 0.3) is 0 Å². The Morgan fingerprint density at radius 1 is 1.50 bits per heavy atom. The van der Waals surface area contributed by atoms with Crippen LogP contribution in [-0.2, 0) is 4.79 Å². The largest absolute Gasteiger partial charge is 0.481 e. The van der Waals surface area contributed by atoms with E-state index in [4.69, 9.17) is 5.11 Å². The van der Waals surface area contributed by atoms with Gasteiger partial charge in [0.2, 0.25) is 0 Å². The van der Waals surface area contributed by atoms with Crippen LogP contribution in [-0.4, -0.2) is 22.3 Å². The van der Waals surface area contributed by atoms with E-state index in [1.54, 1.807) is 0 Å². The first-order chi connectivity index (χ1) is 5.56. The average Bonchev–Trinajstić information content (AvgIpc) is 1.84. The van der Waals surface area contributed by atoms with Gasteiger partial charge in [-0.25, -0.2) is 0 Å². The standard InChI is InChI=1S/C9H18O3/c1-3-4-7(2)5-8(10)6-9(11)12/h7-8,10H,3-6H2,1-2H3,(H,11,12). The fourth-order valence-electron chi connectivity index (χ4n) is 1.36. The van der Waals surface area contributed by atoms with Crippen molar-refractivity contribution in [1.29, 1.82) is 0 Å². The summed E-state index contributed by atoms with van der Waals surface area (Å²) in [5, 5.41) is 17.6. The van der Waals surface area contributed by atoms with Gasteiger partial charge >= 0.3 is 5.97 Å². The van der Waals surface area contributed by atoms with E-state index in [0.29, 0.717) is 12.3 Å². The molecule has 2 atom stereocenters. The summed E-state index contributed by atoms with van der Waals surface area (Å²) in [5.74, 6) is -0.504. The lowest BCUT2D eigenvalue weighted by Crippen LogP contribution is -2.16. The highest BCUT2D eigenvalue weighted by atomic mass is 16.4. The van der Waals surface area contributed by atoms with E-state index >= 15 is 0 Å². The molecule has 0 saturated heterocycles. The molecule has 0 spiro atoms. The number of rotatable bonds is 6. The van der Waals surface area contributed by atoms with E-state index in [1.807, 2.05) is 6.92 Å². The minimum Gasteiger partial charge on any atom is -0.481 e. The van der Waals surface area contributed by atoms with Gasteiger partial charge < -0.3 is 10.2 Å². The Balaban J connectivity index is 3.53. The number of aliphatic hydroxyl groups is 1. The summed E-state index contributed by atoms with van der Waals surface area (Å²) in [6.45, 7) is 4.12. The molecule has 0 heterocycles. The lowest BCUT2D eigenvalue weighted by molar-refractivity contribution is -0.139. The number of carbonyl (C=O) groups is 1. The van der Waals surface area contributed by atoms with Crippen molar-refractivity contribution >= 4 is 5.97 Å². The van der Waals surface area contributed by atoms with E-state index < -0.39 is 12.1 Å². The summed E-state index contributed by atoms with van der Waals surface area (Å²) in [6, 6.07) is 0. The van der Waals surface area contributed by atoms with Gasteiger partial charge in [-0.3, -0.25) is 4.79 Å². The van der Waals surface area contributed by atoms with Gasteiger partial charge in [-0.1, -0.05) is 26.7 Å². The molecule has 2 unspecified atom stereocenters. The number of aliphatic carboxylic acids is 1. The maximum absolute atomic E-state index is 10.2. The summed E-state index contributed by atoms with van der Waals surface area (Å²) >= 11 is 0. The first-order valence-electron chi connectivity index (χ1n) is 4.46. The summed E-state index contributed by atoms with van der Waals surface area (Å²) in [7, 11) is 0. The Kier molecular flexibility index (Phi) is 5.72. The van der Waals surface area contributed by atoms with E-state index in [2.05, 4.69) is 6.92 Å². The van der Waals surface area contributed by atoms with Crippen molar-refractivity contribution in [3.05, 3.63) is 0 Å². The van der Waals surface area contributed by atoms with Crippen LogP contribution >= 0.6 is 0 Å². The molecular formula is C9H18O3. The van der Waals surface area contributed by atoms with E-state index in [1.165, 1.54) is 0 Å². The first kappa shape index (κ1) is 11.4. The van der Waals surface area contributed by atoms with E-state index in [-0.39, 0.29) is 6.42 Å². The molecule has 0 aromatic heterocycles. The molecule has 0 amide bonds. The second-order valence-electron chi connectivity index (χ2n) is 3.38. The van der Waals surface area contributed by atoms with Gasteiger partial charge in [0.25, 0.3) is 0 Å². The van der Waals surface area contributed by atoms with Gasteiger partial charge in [-0.15, -0.1) is 0 Å². The van der Waals surface area contributed by atoms with Crippen molar-refractivity contribution in [2.75, 3.05) is 0 Å². The number of carboxylic acid groups (broad SMARTS) is 1. The molecule has 72 valence electrons. The predicted octanol–water partition coefficient (Wildman–Crippen LogP) is 1.65. The van der Waals surface area contributed by atoms with Crippen molar-refractivity contribution in [3.63, 3.8) is 0 Å². The third kappa shape index (κ3) is 6.16. The third-order valence-corrected chi connectivity index (χ3v) is 1.87. The average molecular weight is 174 g/mol. The highest BCUT2D eigenvalue weighted by molar-refractivity contribution is 5.67. The van der Waals surface area contributed by atoms with E-state index in [9.17, 15) is 9.90 Å². The van der Waals surface area contributed by atoms with Gasteiger partial charge in [0, 0.05) is 0 Å². The Morgan fingerprint density at radius 2 is 2.08 bits per heavy atom. The lowest BCUT2D eigenvalue weighted by Gasteiger charge is -2.13. The van der Waals surface area contributed by atoms with Gasteiger partial charge in [-0.2, -0.15) is 0 Å². The summed E-state index contributed by atoms with van der Waals surface area (Å²) < 4.78 is 0. The molecule has 0 fully saturated rings. The molecule has 0 aliphatic carbocycles. The van der Waals surface area contributed by atoms with Crippen LogP contribution in [0.15, 0.2) is 0 Å². The molecule has 3 heteroatoms. The summed E-state index contributed by atoms with van der Waals surface area (Å²) in [4.78, 5) is 10.2. The molecule has 3 nitrogen and oxygen atoms in total. The van der Waals surface area contributed by atoms with Crippen LogP contribution < -0.4 is 0 Å². The number of hydrogen-bond acceptors (Lipinski definition) is 2. The molecule has 0 aromatic rings. The molecule has 0 rings (SSSR count). The number of carboxylic acids is 1. The molecule has 0 radical (unpaired) electrons. The SMILES string of the molecule is CCCC(C)CC(O)CC(=O)O. The second-order valence-corrected chi connectivity index (χ2v) is 3.38. The summed E-state index contributed by atoms with van der Waals surface area (Å²) in [6.07, 6.45) is 1.93. The molecule has 0 saturated carbocycles. The number of aliphatic hydroxyl groups excluding tert-OH is 1. The summed E-state index contributed by atoms with van der Waals surface area (Å²) in [5.41, 5.74) is 0. The lowest BCUT2D eigenvalue weighted by atomic mass is 9.97. The molecule has 0 aromatic carbocycles. The van der Waals surface area contributed by atoms with Crippen LogP contribution in [0, 0.1) is 5.92 Å². The molecule has 0 aliphatic rings. The Hall–Kier alpha value is -0.570. The normalized spacial score (nSPS) is 15.6. The van der Waals surface area contributed by atoms with Gasteiger partial charge in [0.05, 0.1) is 12.5 Å². The topological polar surface area (TPSA) is 57.5 Å². The minimum atomic E-state index is -0.925. The van der Waals surface area contributed by atoms with E-state index in [0.717, 1.165) is 12.8 Å². The fourth-order valence-corrected chi connectivity index (χ4v) is 1.36. The molecule has 2 N–H and O–H groups in total. The molecule has 0 bridgehead atoms. The van der Waals surface area contributed by atoms with Crippen molar-refractivity contribution in [2.45, 2.75) is 45.6 Å². The van der Waals surface area contributed by atoms with Crippen LogP contribution in [0.2, 0.25) is 0 Å². The predicted molar refractivity (Wildman–Crippen MR) is 46.9 cm³/mol. The Labute approximate surface area is 73.4 Å². The van der Waals surface area contributed by atoms with Crippen LogP contribution in [0.3, 0.4) is 0 Å².